The fraction of sp³-hybridized carbons (Fsp3) is 0.458. The van der Waals surface area contributed by atoms with E-state index in [0.29, 0.717) is 17.2 Å². The van der Waals surface area contributed by atoms with Gasteiger partial charge in [-0.25, -0.2) is 4.79 Å². The number of hydrogen-bond acceptors (Lipinski definition) is 2. The van der Waals surface area contributed by atoms with Crippen LogP contribution in [0.4, 0.5) is 0 Å². The third-order valence-corrected chi connectivity index (χ3v) is 4.92. The molecule has 0 amide bonds. The van der Waals surface area contributed by atoms with Crippen molar-refractivity contribution in [2.45, 2.75) is 65.7 Å². The zero-order valence-corrected chi connectivity index (χ0v) is 16.5. The number of carbonyl (C=O) groups excluding carboxylic acids is 1. The lowest BCUT2D eigenvalue weighted by Crippen LogP contribution is -2.08. The molecule has 0 heterocycles. The summed E-state index contributed by atoms with van der Waals surface area (Å²) in [6, 6.07) is 15.7. The number of esters is 1. The summed E-state index contributed by atoms with van der Waals surface area (Å²) in [4.78, 5) is 12.3. The minimum Gasteiger partial charge on any atom is -0.423 e. The highest BCUT2D eigenvalue weighted by molar-refractivity contribution is 5.91. The quantitative estimate of drug-likeness (QED) is 0.273. The van der Waals surface area contributed by atoms with Gasteiger partial charge < -0.3 is 4.74 Å². The molecule has 26 heavy (non-hydrogen) atoms. The second-order valence-electron chi connectivity index (χ2n) is 7.26. The molecule has 2 aromatic carbocycles. The van der Waals surface area contributed by atoms with Gasteiger partial charge in [0.2, 0.25) is 0 Å². The van der Waals surface area contributed by atoms with Crippen LogP contribution < -0.4 is 4.74 Å². The number of aryl methyl sites for hydroxylation is 1. The van der Waals surface area contributed by atoms with Crippen molar-refractivity contribution in [3.05, 3.63) is 65.2 Å². The van der Waals surface area contributed by atoms with Crippen LogP contribution in [-0.4, -0.2) is 5.97 Å². The molecule has 1 atom stereocenters. The lowest BCUT2D eigenvalue weighted by Gasteiger charge is -2.09. The van der Waals surface area contributed by atoms with Crippen molar-refractivity contribution in [3.8, 4) is 5.75 Å². The second-order valence-corrected chi connectivity index (χ2v) is 7.26. The van der Waals surface area contributed by atoms with Gasteiger partial charge in [0, 0.05) is 0 Å². The zero-order chi connectivity index (χ0) is 18.8. The maximum Gasteiger partial charge on any atom is 0.343 e. The summed E-state index contributed by atoms with van der Waals surface area (Å²) in [7, 11) is 0. The normalized spacial score (nSPS) is 12.0. The van der Waals surface area contributed by atoms with Gasteiger partial charge >= 0.3 is 5.97 Å². The summed E-state index contributed by atoms with van der Waals surface area (Å²) in [6.45, 7) is 6.68. The summed E-state index contributed by atoms with van der Waals surface area (Å²) in [6.07, 6.45) is 8.33. The Bertz CT molecular complexity index is 656. The van der Waals surface area contributed by atoms with Crippen molar-refractivity contribution in [2.75, 3.05) is 0 Å². The second kappa shape index (κ2) is 10.8. The van der Waals surface area contributed by atoms with Crippen LogP contribution in [0.25, 0.3) is 0 Å². The van der Waals surface area contributed by atoms with E-state index in [-0.39, 0.29) is 5.97 Å². The van der Waals surface area contributed by atoms with Crippen LogP contribution in [-0.2, 0) is 12.8 Å². The molecule has 2 aromatic rings. The molecule has 0 N–H and O–H groups in total. The van der Waals surface area contributed by atoms with Crippen LogP contribution in [0.1, 0.15) is 74.4 Å². The van der Waals surface area contributed by atoms with Gasteiger partial charge in [-0.15, -0.1) is 0 Å². The molecule has 1 unspecified atom stereocenters. The molecular weight excluding hydrogens is 320 g/mol. The van der Waals surface area contributed by atoms with Crippen molar-refractivity contribution in [1.82, 2.24) is 0 Å². The monoisotopic (exact) mass is 352 g/mol. The molecule has 0 aliphatic heterocycles. The average molecular weight is 353 g/mol. The zero-order valence-electron chi connectivity index (χ0n) is 16.5. The summed E-state index contributed by atoms with van der Waals surface area (Å²) in [5, 5.41) is 0. The molecule has 0 saturated carbocycles. The third kappa shape index (κ3) is 6.67. The number of hydrogen-bond donors (Lipinski definition) is 0. The number of carbonyl (C=O) groups is 1. The highest BCUT2D eigenvalue weighted by Gasteiger charge is 2.09. The Hall–Kier alpha value is -2.09. The van der Waals surface area contributed by atoms with Gasteiger partial charge in [-0.05, 0) is 60.6 Å². The maximum absolute atomic E-state index is 12.3. The van der Waals surface area contributed by atoms with E-state index in [9.17, 15) is 4.79 Å². The molecule has 0 saturated heterocycles. The molecule has 0 aliphatic carbocycles. The molecule has 0 bridgehead atoms. The molecule has 2 nitrogen and oxygen atoms in total. The van der Waals surface area contributed by atoms with Crippen LogP contribution >= 0.6 is 0 Å². The minimum atomic E-state index is -0.294. The van der Waals surface area contributed by atoms with E-state index in [2.05, 4.69) is 20.8 Å². The fourth-order valence-corrected chi connectivity index (χ4v) is 2.97. The van der Waals surface area contributed by atoms with Crippen molar-refractivity contribution in [1.29, 1.82) is 0 Å². The van der Waals surface area contributed by atoms with E-state index in [1.807, 2.05) is 48.5 Å². The Morgan fingerprint density at radius 1 is 0.885 bits per heavy atom. The van der Waals surface area contributed by atoms with Crippen molar-refractivity contribution in [3.63, 3.8) is 0 Å². The van der Waals surface area contributed by atoms with Crippen LogP contribution in [0.5, 0.6) is 5.75 Å². The smallest absolute Gasteiger partial charge is 0.343 e. The van der Waals surface area contributed by atoms with Crippen molar-refractivity contribution in [2.24, 2.45) is 5.92 Å². The molecule has 0 aliphatic rings. The van der Waals surface area contributed by atoms with Gasteiger partial charge in [-0.3, -0.25) is 0 Å². The molecule has 0 spiro atoms. The largest absolute Gasteiger partial charge is 0.423 e. The molecule has 0 fully saturated rings. The van der Waals surface area contributed by atoms with E-state index in [4.69, 9.17) is 4.74 Å². The average Bonchev–Trinajstić information content (AvgIpc) is 2.67. The van der Waals surface area contributed by atoms with Crippen LogP contribution in [0.15, 0.2) is 48.5 Å². The molecular formula is C24H32O2. The Labute approximate surface area is 158 Å². The van der Waals surface area contributed by atoms with Crippen LogP contribution in [0, 0.1) is 5.92 Å². The third-order valence-electron chi connectivity index (χ3n) is 4.92. The van der Waals surface area contributed by atoms with Crippen molar-refractivity contribution < 1.29 is 9.53 Å². The highest BCUT2D eigenvalue weighted by atomic mass is 16.5. The van der Waals surface area contributed by atoms with Gasteiger partial charge in [-0.2, -0.15) is 0 Å². The Balaban J connectivity index is 1.87. The first-order chi connectivity index (χ1) is 12.6. The molecule has 0 radical (unpaired) electrons. The van der Waals surface area contributed by atoms with E-state index in [1.54, 1.807) is 0 Å². The minimum absolute atomic E-state index is 0.294. The van der Waals surface area contributed by atoms with E-state index < -0.39 is 0 Å². The number of ether oxygens (including phenoxy) is 1. The first-order valence-corrected chi connectivity index (χ1v) is 10.0. The maximum atomic E-state index is 12.3. The van der Waals surface area contributed by atoms with E-state index in [1.165, 1.54) is 43.2 Å². The summed E-state index contributed by atoms with van der Waals surface area (Å²) in [5.74, 6) is 0.979. The van der Waals surface area contributed by atoms with Gasteiger partial charge in [0.25, 0.3) is 0 Å². The van der Waals surface area contributed by atoms with Gasteiger partial charge in [-0.1, -0.05) is 70.7 Å². The number of rotatable bonds is 10. The van der Waals surface area contributed by atoms with Crippen LogP contribution in [0.3, 0.4) is 0 Å². The Morgan fingerprint density at radius 2 is 1.54 bits per heavy atom. The van der Waals surface area contributed by atoms with Crippen LogP contribution in [0.2, 0.25) is 0 Å². The van der Waals surface area contributed by atoms with E-state index in [0.717, 1.165) is 12.8 Å². The molecule has 0 aromatic heterocycles. The highest BCUT2D eigenvalue weighted by Crippen LogP contribution is 2.18. The summed E-state index contributed by atoms with van der Waals surface area (Å²) < 4.78 is 5.50. The molecule has 2 rings (SSSR count). The molecule has 2 heteroatoms. The predicted molar refractivity (Wildman–Crippen MR) is 109 cm³/mol. The topological polar surface area (TPSA) is 26.3 Å². The first kappa shape index (κ1) is 20.2. The summed E-state index contributed by atoms with van der Waals surface area (Å²) in [5.41, 5.74) is 3.17. The fourth-order valence-electron chi connectivity index (χ4n) is 2.97. The Morgan fingerprint density at radius 3 is 2.15 bits per heavy atom. The van der Waals surface area contributed by atoms with Gasteiger partial charge in [0.15, 0.2) is 0 Å². The Kier molecular flexibility index (Phi) is 8.40. The lowest BCUT2D eigenvalue weighted by molar-refractivity contribution is 0.0734. The number of benzene rings is 2. The van der Waals surface area contributed by atoms with Crippen molar-refractivity contribution >= 4 is 5.97 Å². The van der Waals surface area contributed by atoms with Gasteiger partial charge in [0.05, 0.1) is 5.56 Å². The molecule has 140 valence electrons. The standard InChI is InChI=1S/C24H32O2/c1-4-6-7-8-9-20-10-14-22(15-11-20)24(25)26-23-16-12-21(13-17-23)18-19(3)5-2/h10-17,19H,4-9,18H2,1-3H3. The van der Waals surface area contributed by atoms with E-state index >= 15 is 0 Å². The predicted octanol–water partition coefficient (Wildman–Crippen LogP) is 6.62. The van der Waals surface area contributed by atoms with Gasteiger partial charge in [0.1, 0.15) is 5.75 Å². The first-order valence-electron chi connectivity index (χ1n) is 10.0. The number of unbranched alkanes of at least 4 members (excludes halogenated alkanes) is 3. The summed E-state index contributed by atoms with van der Waals surface area (Å²) >= 11 is 0. The SMILES string of the molecule is CCCCCCc1ccc(C(=O)Oc2ccc(CC(C)CC)cc2)cc1. The lowest BCUT2D eigenvalue weighted by atomic mass is 9.99.